The first-order valence-electron chi connectivity index (χ1n) is 6.55. The van der Waals surface area contributed by atoms with Crippen molar-refractivity contribution in [3.05, 3.63) is 48.0 Å². The molecule has 0 saturated heterocycles. The first-order valence-corrected chi connectivity index (χ1v) is 6.55. The molecule has 0 fully saturated rings. The fraction of sp³-hybridized carbons (Fsp3) is 0.375. The molecule has 0 aliphatic heterocycles. The van der Waals surface area contributed by atoms with Crippen molar-refractivity contribution >= 4 is 11.8 Å². The molecular weight excluding hydrogens is 334 g/mol. The number of quaternary nitrogens is 1. The number of hydrogen-bond acceptors (Lipinski definition) is 3. The third-order valence-electron chi connectivity index (χ3n) is 2.95. The predicted octanol–water partition coefficient (Wildman–Crippen LogP) is -0.931. The molecule has 0 spiro atoms. The summed E-state index contributed by atoms with van der Waals surface area (Å²) >= 11 is 0. The van der Waals surface area contributed by atoms with Crippen LogP contribution in [0.1, 0.15) is 17.3 Å². The number of nitrogens with zero attached hydrogens (tertiary/aromatic N) is 1. The summed E-state index contributed by atoms with van der Waals surface area (Å²) in [5, 5.41) is 0. The van der Waals surface area contributed by atoms with Gasteiger partial charge < -0.3 is 26.2 Å². The number of benzene rings is 1. The highest BCUT2D eigenvalue weighted by Crippen LogP contribution is 2.05. The van der Waals surface area contributed by atoms with Gasteiger partial charge in [0.05, 0.1) is 14.1 Å². The summed E-state index contributed by atoms with van der Waals surface area (Å²) in [4.78, 5) is 23.4. The lowest BCUT2D eigenvalue weighted by atomic mass is 10.1. The standard InChI is InChI=1S/C16H22NO3.BrH/c1-13(2)16(19)20-11-10-17(3,4)12-15(18)14-8-6-5-7-9-14;/h5-9H,1,10-12H2,2-4H3;1H/q+1;/p-1. The second kappa shape index (κ2) is 8.74. The number of ether oxygens (including phenoxy) is 1. The lowest BCUT2D eigenvalue weighted by Gasteiger charge is -2.28. The summed E-state index contributed by atoms with van der Waals surface area (Å²) in [7, 11) is 3.88. The number of carbonyl (C=O) groups excluding carboxylic acids is 2. The number of Topliss-reactive ketones (excluding diaryl/α,β-unsaturated/α-hetero) is 1. The van der Waals surface area contributed by atoms with E-state index in [2.05, 4.69) is 6.58 Å². The van der Waals surface area contributed by atoms with Crippen molar-refractivity contribution < 1.29 is 35.8 Å². The average molecular weight is 356 g/mol. The molecule has 1 aromatic carbocycles. The van der Waals surface area contributed by atoms with Gasteiger partial charge in [0.25, 0.3) is 0 Å². The second-order valence-electron chi connectivity index (χ2n) is 5.52. The van der Waals surface area contributed by atoms with Gasteiger partial charge in [0.1, 0.15) is 19.7 Å². The molecule has 0 aliphatic carbocycles. The summed E-state index contributed by atoms with van der Waals surface area (Å²) in [5.74, 6) is -0.304. The number of ketones is 1. The Hall–Kier alpha value is -1.46. The molecule has 0 aromatic heterocycles. The van der Waals surface area contributed by atoms with Crippen LogP contribution < -0.4 is 17.0 Å². The number of halogens is 1. The van der Waals surface area contributed by atoms with Crippen LogP contribution in [0.4, 0.5) is 0 Å². The summed E-state index contributed by atoms with van der Waals surface area (Å²) in [5.41, 5.74) is 1.09. The lowest BCUT2D eigenvalue weighted by molar-refractivity contribution is -0.882. The Morgan fingerprint density at radius 2 is 1.76 bits per heavy atom. The van der Waals surface area contributed by atoms with Crippen molar-refractivity contribution in [1.29, 1.82) is 0 Å². The van der Waals surface area contributed by atoms with Crippen molar-refractivity contribution in [2.75, 3.05) is 33.8 Å². The number of esters is 1. The van der Waals surface area contributed by atoms with Gasteiger partial charge in [-0.1, -0.05) is 36.9 Å². The van der Waals surface area contributed by atoms with Crippen LogP contribution in [0.2, 0.25) is 0 Å². The minimum Gasteiger partial charge on any atom is -1.00 e. The topological polar surface area (TPSA) is 43.4 Å². The normalized spacial score (nSPS) is 10.4. The molecule has 0 amide bonds. The Labute approximate surface area is 136 Å². The van der Waals surface area contributed by atoms with Gasteiger partial charge in [-0.25, -0.2) is 4.79 Å². The molecule has 116 valence electrons. The number of hydrogen-bond donors (Lipinski definition) is 0. The van der Waals surface area contributed by atoms with Crippen LogP contribution in [0, 0.1) is 0 Å². The quantitative estimate of drug-likeness (QED) is 0.274. The molecular formula is C16H22BrNO3. The molecule has 0 aliphatic rings. The van der Waals surface area contributed by atoms with Crippen molar-refractivity contribution in [2.45, 2.75) is 6.92 Å². The molecule has 1 rings (SSSR count). The minimum atomic E-state index is -0.389. The van der Waals surface area contributed by atoms with E-state index in [1.807, 2.05) is 44.4 Å². The van der Waals surface area contributed by atoms with Gasteiger partial charge in [0.15, 0.2) is 0 Å². The molecule has 0 unspecified atom stereocenters. The maximum atomic E-state index is 12.1. The molecule has 0 atom stereocenters. The van der Waals surface area contributed by atoms with Crippen molar-refractivity contribution in [3.8, 4) is 0 Å². The van der Waals surface area contributed by atoms with Crippen LogP contribution >= 0.6 is 0 Å². The fourth-order valence-corrected chi connectivity index (χ4v) is 1.69. The van der Waals surface area contributed by atoms with E-state index in [9.17, 15) is 9.59 Å². The summed E-state index contributed by atoms with van der Waals surface area (Å²) in [6.45, 7) is 6.37. The Balaban J connectivity index is 0.00000400. The fourth-order valence-electron chi connectivity index (χ4n) is 1.69. The minimum absolute atomic E-state index is 0. The first kappa shape index (κ1) is 19.5. The summed E-state index contributed by atoms with van der Waals surface area (Å²) in [6.07, 6.45) is 0. The third kappa shape index (κ3) is 7.20. The van der Waals surface area contributed by atoms with Gasteiger partial charge in [0.2, 0.25) is 5.78 Å². The number of rotatable bonds is 7. The third-order valence-corrected chi connectivity index (χ3v) is 2.95. The highest BCUT2D eigenvalue weighted by Gasteiger charge is 2.21. The highest BCUT2D eigenvalue weighted by molar-refractivity contribution is 5.96. The van der Waals surface area contributed by atoms with Crippen molar-refractivity contribution in [1.82, 2.24) is 0 Å². The average Bonchev–Trinajstić information content (AvgIpc) is 2.38. The zero-order valence-electron chi connectivity index (χ0n) is 12.8. The largest absolute Gasteiger partial charge is 1.00 e. The molecule has 1 aromatic rings. The van der Waals surface area contributed by atoms with E-state index < -0.39 is 0 Å². The van der Waals surface area contributed by atoms with E-state index in [0.29, 0.717) is 28.7 Å². The summed E-state index contributed by atoms with van der Waals surface area (Å²) < 4.78 is 5.53. The van der Waals surface area contributed by atoms with E-state index in [4.69, 9.17) is 4.74 Å². The molecule has 4 nitrogen and oxygen atoms in total. The van der Waals surface area contributed by atoms with E-state index in [1.54, 1.807) is 6.92 Å². The van der Waals surface area contributed by atoms with Gasteiger partial charge >= 0.3 is 5.97 Å². The summed E-state index contributed by atoms with van der Waals surface area (Å²) in [6, 6.07) is 9.20. The van der Waals surface area contributed by atoms with E-state index >= 15 is 0 Å². The van der Waals surface area contributed by atoms with Gasteiger partial charge in [-0.05, 0) is 6.92 Å². The predicted molar refractivity (Wildman–Crippen MR) is 78.4 cm³/mol. The Bertz CT molecular complexity index is 498. The van der Waals surface area contributed by atoms with E-state index in [0.717, 1.165) is 0 Å². The zero-order valence-corrected chi connectivity index (χ0v) is 14.4. The van der Waals surface area contributed by atoms with Crippen LogP contribution in [0.3, 0.4) is 0 Å². The first-order chi connectivity index (χ1) is 9.32. The maximum Gasteiger partial charge on any atom is 0.333 e. The monoisotopic (exact) mass is 355 g/mol. The molecule has 0 bridgehead atoms. The van der Waals surface area contributed by atoms with Crippen LogP contribution in [-0.4, -0.2) is 50.0 Å². The number of likely N-dealkylation sites (N-methyl/N-ethyl adjacent to an activating group) is 1. The van der Waals surface area contributed by atoms with Crippen molar-refractivity contribution in [3.63, 3.8) is 0 Å². The second-order valence-corrected chi connectivity index (χ2v) is 5.52. The molecule has 0 radical (unpaired) electrons. The zero-order chi connectivity index (χ0) is 15.2. The van der Waals surface area contributed by atoms with Gasteiger partial charge in [-0.15, -0.1) is 0 Å². The SMILES string of the molecule is C=C(C)C(=O)OCC[N+](C)(C)CC(=O)c1ccccc1.[Br-]. The van der Waals surface area contributed by atoms with E-state index in [-0.39, 0.29) is 35.3 Å². The Morgan fingerprint density at radius 3 is 2.29 bits per heavy atom. The van der Waals surface area contributed by atoms with Crippen LogP contribution in [0.15, 0.2) is 42.5 Å². The molecule has 0 heterocycles. The smallest absolute Gasteiger partial charge is 0.333 e. The van der Waals surface area contributed by atoms with E-state index in [1.165, 1.54) is 0 Å². The van der Waals surface area contributed by atoms with Crippen LogP contribution in [-0.2, 0) is 9.53 Å². The highest BCUT2D eigenvalue weighted by atomic mass is 79.9. The van der Waals surface area contributed by atoms with Gasteiger partial charge in [0, 0.05) is 11.1 Å². The van der Waals surface area contributed by atoms with Crippen molar-refractivity contribution in [2.24, 2.45) is 0 Å². The van der Waals surface area contributed by atoms with Crippen LogP contribution in [0.5, 0.6) is 0 Å². The molecule has 21 heavy (non-hydrogen) atoms. The Morgan fingerprint density at radius 1 is 1.19 bits per heavy atom. The Kier molecular flexibility index (Phi) is 8.14. The van der Waals surface area contributed by atoms with Crippen LogP contribution in [0.25, 0.3) is 0 Å². The molecule has 0 saturated carbocycles. The maximum absolute atomic E-state index is 12.1. The molecule has 5 heteroatoms. The molecule has 0 N–H and O–H groups in total. The number of carbonyl (C=O) groups is 2. The van der Waals surface area contributed by atoms with Gasteiger partial charge in [-0.3, -0.25) is 4.79 Å². The lowest BCUT2D eigenvalue weighted by Crippen LogP contribution is -3.00. The van der Waals surface area contributed by atoms with Gasteiger partial charge in [-0.2, -0.15) is 0 Å².